The van der Waals surface area contributed by atoms with E-state index in [1.807, 2.05) is 32.9 Å². The summed E-state index contributed by atoms with van der Waals surface area (Å²) < 4.78 is 11.3. The van der Waals surface area contributed by atoms with Gasteiger partial charge in [0.25, 0.3) is 11.7 Å². The molecule has 0 aliphatic carbocycles. The van der Waals surface area contributed by atoms with E-state index in [2.05, 4.69) is 0 Å². The summed E-state index contributed by atoms with van der Waals surface area (Å²) in [6.07, 6.45) is 0. The summed E-state index contributed by atoms with van der Waals surface area (Å²) in [6, 6.07) is 13.8. The number of hydrogen-bond donors (Lipinski definition) is 2. The average Bonchev–Trinajstić information content (AvgIpc) is 3.13. The molecule has 1 aliphatic rings. The molecular formula is C29H28ClNO6. The number of phenols is 1. The lowest BCUT2D eigenvalue weighted by Gasteiger charge is -2.26. The van der Waals surface area contributed by atoms with Crippen molar-refractivity contribution in [1.82, 2.24) is 0 Å². The van der Waals surface area contributed by atoms with Crippen LogP contribution in [0.3, 0.4) is 0 Å². The predicted molar refractivity (Wildman–Crippen MR) is 143 cm³/mol. The molecule has 1 heterocycles. The molecule has 1 unspecified atom stereocenters. The largest absolute Gasteiger partial charge is 0.507 e. The summed E-state index contributed by atoms with van der Waals surface area (Å²) >= 11 is 6.21. The second-order valence-electron chi connectivity index (χ2n) is 8.67. The zero-order valence-electron chi connectivity index (χ0n) is 21.0. The van der Waals surface area contributed by atoms with Crippen molar-refractivity contribution in [1.29, 1.82) is 0 Å². The van der Waals surface area contributed by atoms with Crippen LogP contribution >= 0.6 is 11.6 Å². The number of anilines is 1. The molecule has 1 amide bonds. The molecule has 3 aromatic carbocycles. The number of aromatic hydroxyl groups is 1. The number of amides is 1. The quantitative estimate of drug-likeness (QED) is 0.222. The van der Waals surface area contributed by atoms with Crippen LogP contribution in [0.1, 0.15) is 42.1 Å². The minimum atomic E-state index is -0.999. The first-order valence-corrected chi connectivity index (χ1v) is 12.3. The van der Waals surface area contributed by atoms with Crippen LogP contribution in [-0.2, 0) is 9.59 Å². The third-order valence-electron chi connectivity index (χ3n) is 6.32. The van der Waals surface area contributed by atoms with Crippen molar-refractivity contribution in [2.75, 3.05) is 18.1 Å². The Labute approximate surface area is 220 Å². The second kappa shape index (κ2) is 10.6. The van der Waals surface area contributed by atoms with Crippen molar-refractivity contribution in [3.05, 3.63) is 87.4 Å². The Morgan fingerprint density at radius 3 is 2.32 bits per heavy atom. The van der Waals surface area contributed by atoms with Gasteiger partial charge in [0.05, 0.1) is 35.4 Å². The van der Waals surface area contributed by atoms with Gasteiger partial charge in [-0.05, 0) is 80.8 Å². The summed E-state index contributed by atoms with van der Waals surface area (Å²) in [4.78, 5) is 28.2. The van der Waals surface area contributed by atoms with Gasteiger partial charge in [-0.3, -0.25) is 14.5 Å². The lowest BCUT2D eigenvalue weighted by atomic mass is 9.94. The molecule has 0 saturated carbocycles. The Morgan fingerprint density at radius 2 is 1.68 bits per heavy atom. The van der Waals surface area contributed by atoms with E-state index < -0.39 is 17.7 Å². The molecule has 0 aromatic heterocycles. The number of ketones is 1. The van der Waals surface area contributed by atoms with Crippen molar-refractivity contribution in [2.24, 2.45) is 0 Å². The zero-order valence-corrected chi connectivity index (χ0v) is 21.8. The van der Waals surface area contributed by atoms with Crippen molar-refractivity contribution in [3.63, 3.8) is 0 Å². The van der Waals surface area contributed by atoms with Gasteiger partial charge in [0.1, 0.15) is 23.0 Å². The van der Waals surface area contributed by atoms with Gasteiger partial charge in [-0.15, -0.1) is 0 Å². The smallest absolute Gasteiger partial charge is 0.300 e. The number of rotatable bonds is 7. The maximum Gasteiger partial charge on any atom is 0.300 e. The Morgan fingerprint density at radius 1 is 0.946 bits per heavy atom. The Balaban J connectivity index is 1.97. The minimum Gasteiger partial charge on any atom is -0.507 e. The minimum absolute atomic E-state index is 0.0549. The molecule has 4 rings (SSSR count). The molecule has 7 nitrogen and oxygen atoms in total. The number of aryl methyl sites for hydroxylation is 2. The lowest BCUT2D eigenvalue weighted by Crippen LogP contribution is -2.29. The summed E-state index contributed by atoms with van der Waals surface area (Å²) in [5, 5.41) is 21.6. The number of phenolic OH excluding ortho intramolecular Hbond substituents is 1. The van der Waals surface area contributed by atoms with Gasteiger partial charge in [-0.2, -0.15) is 0 Å². The van der Waals surface area contributed by atoms with Gasteiger partial charge >= 0.3 is 0 Å². The highest BCUT2D eigenvalue weighted by molar-refractivity contribution is 6.51. The fraction of sp³-hybridized carbons (Fsp3) is 0.241. The molecule has 0 bridgehead atoms. The van der Waals surface area contributed by atoms with Crippen LogP contribution in [0.5, 0.6) is 17.2 Å². The number of carbonyl (C=O) groups is 2. The topological polar surface area (TPSA) is 96.3 Å². The van der Waals surface area contributed by atoms with E-state index >= 15 is 0 Å². The highest BCUT2D eigenvalue weighted by Crippen LogP contribution is 2.45. The molecule has 8 heteroatoms. The van der Waals surface area contributed by atoms with E-state index in [4.69, 9.17) is 21.1 Å². The third-order valence-corrected chi connectivity index (χ3v) is 6.62. The van der Waals surface area contributed by atoms with Crippen molar-refractivity contribution in [2.45, 2.75) is 33.7 Å². The normalized spacial score (nSPS) is 16.8. The number of hydrogen-bond acceptors (Lipinski definition) is 6. The Hall–Kier alpha value is -3.97. The molecule has 3 aromatic rings. The van der Waals surface area contributed by atoms with E-state index in [0.717, 1.165) is 11.1 Å². The monoisotopic (exact) mass is 521 g/mol. The van der Waals surface area contributed by atoms with E-state index in [1.54, 1.807) is 37.3 Å². The number of halogens is 1. The molecule has 1 atom stereocenters. The summed E-state index contributed by atoms with van der Waals surface area (Å²) in [6.45, 7) is 8.27. The molecule has 37 heavy (non-hydrogen) atoms. The fourth-order valence-electron chi connectivity index (χ4n) is 4.36. The number of nitrogens with zero attached hydrogens (tertiary/aromatic N) is 1. The van der Waals surface area contributed by atoms with Gasteiger partial charge in [-0.1, -0.05) is 23.7 Å². The first kappa shape index (κ1) is 26.1. The number of benzene rings is 3. The van der Waals surface area contributed by atoms with Crippen molar-refractivity contribution < 1.29 is 29.3 Å². The highest BCUT2D eigenvalue weighted by atomic mass is 35.5. The SMILES string of the molecule is CCOc1ccc(/C(O)=C2/C(=O)C(=O)N(c3ccc(C)c(C)c3)C2c2ccc(O)c(Cl)c2)c(OCC)c1. The molecule has 0 spiro atoms. The number of ether oxygens (including phenoxy) is 2. The molecular weight excluding hydrogens is 494 g/mol. The number of aliphatic hydroxyl groups excluding tert-OH is 1. The molecule has 0 radical (unpaired) electrons. The van der Waals surface area contributed by atoms with Crippen LogP contribution in [0.15, 0.2) is 60.2 Å². The summed E-state index contributed by atoms with van der Waals surface area (Å²) in [5.74, 6) is -1.31. The highest BCUT2D eigenvalue weighted by Gasteiger charge is 2.47. The average molecular weight is 522 g/mol. The van der Waals surface area contributed by atoms with E-state index in [1.165, 1.54) is 17.0 Å². The number of carbonyl (C=O) groups excluding carboxylic acids is 2. The summed E-state index contributed by atoms with van der Waals surface area (Å²) in [5.41, 5.74) is 3.04. The third kappa shape index (κ3) is 4.87. The molecule has 2 N–H and O–H groups in total. The Kier molecular flexibility index (Phi) is 7.45. The first-order chi connectivity index (χ1) is 17.7. The van der Waals surface area contributed by atoms with E-state index in [0.29, 0.717) is 36.0 Å². The van der Waals surface area contributed by atoms with Gasteiger partial charge in [-0.25, -0.2) is 0 Å². The van der Waals surface area contributed by atoms with Crippen LogP contribution in [0.2, 0.25) is 5.02 Å². The van der Waals surface area contributed by atoms with Crippen LogP contribution in [0.4, 0.5) is 5.69 Å². The van der Waals surface area contributed by atoms with Gasteiger partial charge in [0.2, 0.25) is 0 Å². The molecule has 1 fully saturated rings. The molecule has 192 valence electrons. The van der Waals surface area contributed by atoms with Crippen LogP contribution < -0.4 is 14.4 Å². The van der Waals surface area contributed by atoms with Crippen molar-refractivity contribution in [3.8, 4) is 17.2 Å². The number of Topliss-reactive ketones (excluding diaryl/α,β-unsaturated/α-hetero) is 1. The van der Waals surface area contributed by atoms with Crippen LogP contribution in [0.25, 0.3) is 5.76 Å². The van der Waals surface area contributed by atoms with Gasteiger partial charge < -0.3 is 19.7 Å². The fourth-order valence-corrected chi connectivity index (χ4v) is 4.55. The molecule has 1 saturated heterocycles. The number of aliphatic hydroxyl groups is 1. The first-order valence-electron chi connectivity index (χ1n) is 11.9. The van der Waals surface area contributed by atoms with Crippen LogP contribution in [0, 0.1) is 13.8 Å². The van der Waals surface area contributed by atoms with Crippen LogP contribution in [-0.4, -0.2) is 35.1 Å². The molecule has 1 aliphatic heterocycles. The van der Waals surface area contributed by atoms with E-state index in [-0.39, 0.29) is 27.7 Å². The van der Waals surface area contributed by atoms with Crippen molar-refractivity contribution >= 4 is 34.7 Å². The standard InChI is InChI=1S/C29H28ClNO6/c1-5-36-20-10-11-21(24(15-20)37-6-2)27(33)25-26(18-8-12-23(32)22(30)14-18)31(29(35)28(25)34)19-9-7-16(3)17(4)13-19/h7-15,26,32-33H,5-6H2,1-4H3/b27-25-. The Bertz CT molecular complexity index is 1410. The predicted octanol–water partition coefficient (Wildman–Crippen LogP) is 6.09. The second-order valence-corrected chi connectivity index (χ2v) is 9.08. The zero-order chi connectivity index (χ0) is 26.9. The maximum absolute atomic E-state index is 13.5. The van der Waals surface area contributed by atoms with Gasteiger partial charge in [0, 0.05) is 11.8 Å². The maximum atomic E-state index is 13.5. The van der Waals surface area contributed by atoms with Gasteiger partial charge in [0.15, 0.2) is 0 Å². The van der Waals surface area contributed by atoms with E-state index in [9.17, 15) is 19.8 Å². The summed E-state index contributed by atoms with van der Waals surface area (Å²) in [7, 11) is 0. The lowest BCUT2D eigenvalue weighted by molar-refractivity contribution is -0.132.